The molecule has 1 heterocycles. The highest BCUT2D eigenvalue weighted by molar-refractivity contribution is 5.84. The van der Waals surface area contributed by atoms with Crippen molar-refractivity contribution in [1.82, 2.24) is 15.5 Å². The Morgan fingerprint density at radius 3 is 2.62 bits per heavy atom. The minimum Gasteiger partial charge on any atom is -0.513 e. The fraction of sp³-hybridized carbons (Fsp3) is 0.800. The van der Waals surface area contributed by atoms with E-state index in [0.717, 1.165) is 44.7 Å². The lowest BCUT2D eigenvalue weighted by Gasteiger charge is -2.24. The van der Waals surface area contributed by atoms with Crippen molar-refractivity contribution < 1.29 is 14.7 Å². The third kappa shape index (κ3) is 9.80. The van der Waals surface area contributed by atoms with Gasteiger partial charge in [-0.05, 0) is 63.6 Å². The van der Waals surface area contributed by atoms with E-state index < -0.39 is 0 Å². The number of rotatable bonds is 12. The molecule has 1 aliphatic heterocycles. The Balaban J connectivity index is 2.29. The van der Waals surface area contributed by atoms with E-state index in [9.17, 15) is 14.7 Å². The maximum atomic E-state index is 12.5. The van der Waals surface area contributed by atoms with Gasteiger partial charge in [0.25, 0.3) is 0 Å². The largest absolute Gasteiger partial charge is 0.513 e. The lowest BCUT2D eigenvalue weighted by molar-refractivity contribution is -0.136. The zero-order chi connectivity index (χ0) is 19.2. The van der Waals surface area contributed by atoms with Crippen LogP contribution in [0.2, 0.25) is 0 Å². The second-order valence-corrected chi connectivity index (χ2v) is 7.10. The first-order valence-electron chi connectivity index (χ1n) is 10.2. The molecular weight excluding hydrogens is 330 g/mol. The highest BCUT2D eigenvalue weighted by Crippen LogP contribution is 2.19. The molecule has 0 bridgehead atoms. The van der Waals surface area contributed by atoms with Crippen LogP contribution in [-0.4, -0.2) is 54.5 Å². The van der Waals surface area contributed by atoms with Crippen LogP contribution in [0, 0.1) is 5.92 Å². The molecular formula is C20H37N3O3. The quantitative estimate of drug-likeness (QED) is 0.463. The fourth-order valence-electron chi connectivity index (χ4n) is 3.33. The number of allylic oxidation sites excluding steroid dienone is 1. The van der Waals surface area contributed by atoms with Crippen molar-refractivity contribution in [2.45, 2.75) is 65.2 Å². The summed E-state index contributed by atoms with van der Waals surface area (Å²) in [5.41, 5.74) is 0. The maximum absolute atomic E-state index is 12.5. The summed E-state index contributed by atoms with van der Waals surface area (Å²) in [6.45, 7) is 7.26. The number of nitrogens with zero attached hydrogens (tertiary/aromatic N) is 1. The second-order valence-electron chi connectivity index (χ2n) is 7.10. The van der Waals surface area contributed by atoms with Crippen LogP contribution in [0.4, 0.5) is 0 Å². The van der Waals surface area contributed by atoms with Crippen LogP contribution in [0.1, 0.15) is 65.2 Å². The van der Waals surface area contributed by atoms with Gasteiger partial charge in [-0.3, -0.25) is 9.59 Å². The molecule has 1 fully saturated rings. The second kappa shape index (κ2) is 13.6. The first-order valence-corrected chi connectivity index (χ1v) is 10.2. The summed E-state index contributed by atoms with van der Waals surface area (Å²) in [7, 11) is 0. The van der Waals surface area contributed by atoms with Crippen LogP contribution >= 0.6 is 0 Å². The standard InChI is InChI=1S/C20H37N3O3/c1-3-6-18(24)11-14-22-19(25)16-23(15-4-2)20(26)8-5-7-17-9-12-21-13-10-17/h6,17,21,24H,3-5,7-16H2,1-2H3,(H,22,25)/b18-6+. The monoisotopic (exact) mass is 367 g/mol. The molecule has 1 saturated heterocycles. The van der Waals surface area contributed by atoms with Crippen molar-refractivity contribution >= 4 is 11.8 Å². The van der Waals surface area contributed by atoms with Gasteiger partial charge in [-0.15, -0.1) is 0 Å². The molecule has 6 nitrogen and oxygen atoms in total. The molecule has 2 amide bonds. The lowest BCUT2D eigenvalue weighted by atomic mass is 9.92. The summed E-state index contributed by atoms with van der Waals surface area (Å²) in [6, 6.07) is 0. The highest BCUT2D eigenvalue weighted by Gasteiger charge is 2.18. The van der Waals surface area contributed by atoms with E-state index in [1.807, 2.05) is 13.8 Å². The smallest absolute Gasteiger partial charge is 0.239 e. The van der Waals surface area contributed by atoms with E-state index in [1.54, 1.807) is 11.0 Å². The van der Waals surface area contributed by atoms with Crippen molar-refractivity contribution in [3.05, 3.63) is 11.8 Å². The first kappa shape index (κ1) is 22.5. The van der Waals surface area contributed by atoms with Crippen LogP contribution in [0.15, 0.2) is 11.8 Å². The van der Waals surface area contributed by atoms with Crippen molar-refractivity contribution in [1.29, 1.82) is 0 Å². The van der Waals surface area contributed by atoms with Crippen molar-refractivity contribution in [2.24, 2.45) is 5.92 Å². The number of aliphatic hydroxyl groups excluding tert-OH is 1. The number of amides is 2. The van der Waals surface area contributed by atoms with Gasteiger partial charge in [-0.2, -0.15) is 0 Å². The van der Waals surface area contributed by atoms with Crippen LogP contribution in [0.3, 0.4) is 0 Å². The molecule has 0 radical (unpaired) electrons. The van der Waals surface area contributed by atoms with Crippen LogP contribution in [-0.2, 0) is 9.59 Å². The van der Waals surface area contributed by atoms with Gasteiger partial charge in [-0.25, -0.2) is 0 Å². The number of carbonyl (C=O) groups is 2. The van der Waals surface area contributed by atoms with Gasteiger partial charge < -0.3 is 20.6 Å². The SMILES string of the molecule is CC/C=C(/O)CCNC(=O)CN(CCC)C(=O)CCCC1CCNCC1. The van der Waals surface area contributed by atoms with Gasteiger partial charge in [0.2, 0.25) is 11.8 Å². The average molecular weight is 368 g/mol. The molecule has 1 rings (SSSR count). The third-order valence-electron chi connectivity index (χ3n) is 4.79. The molecule has 26 heavy (non-hydrogen) atoms. The molecule has 0 aromatic carbocycles. The molecule has 0 aromatic heterocycles. The summed E-state index contributed by atoms with van der Waals surface area (Å²) in [6.07, 6.45) is 8.71. The van der Waals surface area contributed by atoms with Crippen LogP contribution < -0.4 is 10.6 Å². The lowest BCUT2D eigenvalue weighted by Crippen LogP contribution is -2.41. The average Bonchev–Trinajstić information content (AvgIpc) is 2.62. The molecule has 0 unspecified atom stereocenters. The molecule has 3 N–H and O–H groups in total. The fourth-order valence-corrected chi connectivity index (χ4v) is 3.33. The van der Waals surface area contributed by atoms with Crippen molar-refractivity contribution in [3.63, 3.8) is 0 Å². The Bertz CT molecular complexity index is 446. The van der Waals surface area contributed by atoms with Crippen LogP contribution in [0.25, 0.3) is 0 Å². The maximum Gasteiger partial charge on any atom is 0.239 e. The van der Waals surface area contributed by atoms with Crippen LogP contribution in [0.5, 0.6) is 0 Å². The van der Waals surface area contributed by atoms with Gasteiger partial charge in [0.15, 0.2) is 0 Å². The summed E-state index contributed by atoms with van der Waals surface area (Å²) < 4.78 is 0. The summed E-state index contributed by atoms with van der Waals surface area (Å²) in [5.74, 6) is 0.946. The molecule has 0 aromatic rings. The van der Waals surface area contributed by atoms with E-state index in [2.05, 4.69) is 10.6 Å². The third-order valence-corrected chi connectivity index (χ3v) is 4.79. The first-order chi connectivity index (χ1) is 12.6. The molecule has 0 spiro atoms. The predicted octanol–water partition coefficient (Wildman–Crippen LogP) is 2.75. The molecule has 0 saturated carbocycles. The van der Waals surface area contributed by atoms with E-state index in [1.165, 1.54) is 12.8 Å². The Morgan fingerprint density at radius 1 is 1.23 bits per heavy atom. The van der Waals surface area contributed by atoms with Gasteiger partial charge in [-0.1, -0.05) is 13.8 Å². The Morgan fingerprint density at radius 2 is 1.96 bits per heavy atom. The zero-order valence-electron chi connectivity index (χ0n) is 16.6. The van der Waals surface area contributed by atoms with Crippen molar-refractivity contribution in [2.75, 3.05) is 32.7 Å². The van der Waals surface area contributed by atoms with E-state index >= 15 is 0 Å². The normalized spacial score (nSPS) is 15.7. The molecule has 1 aliphatic rings. The number of hydrogen-bond acceptors (Lipinski definition) is 4. The van der Waals surface area contributed by atoms with E-state index in [-0.39, 0.29) is 18.4 Å². The molecule has 0 atom stereocenters. The van der Waals surface area contributed by atoms with Gasteiger partial charge in [0.05, 0.1) is 12.3 Å². The van der Waals surface area contributed by atoms with Crippen molar-refractivity contribution in [3.8, 4) is 0 Å². The highest BCUT2D eigenvalue weighted by atomic mass is 16.3. The summed E-state index contributed by atoms with van der Waals surface area (Å²) >= 11 is 0. The predicted molar refractivity (Wildman–Crippen MR) is 105 cm³/mol. The Labute approximate surface area is 158 Å². The molecule has 0 aliphatic carbocycles. The topological polar surface area (TPSA) is 81.7 Å². The number of hydrogen-bond donors (Lipinski definition) is 3. The number of piperidine rings is 1. The summed E-state index contributed by atoms with van der Waals surface area (Å²) in [4.78, 5) is 26.2. The van der Waals surface area contributed by atoms with Gasteiger partial charge in [0.1, 0.15) is 0 Å². The Hall–Kier alpha value is -1.56. The number of aliphatic hydroxyl groups is 1. The number of carbonyl (C=O) groups excluding carboxylic acids is 2. The van der Waals surface area contributed by atoms with E-state index in [0.29, 0.717) is 31.7 Å². The number of nitrogens with one attached hydrogen (secondary N) is 2. The summed E-state index contributed by atoms with van der Waals surface area (Å²) in [5, 5.41) is 15.7. The van der Waals surface area contributed by atoms with Gasteiger partial charge in [0, 0.05) is 25.9 Å². The van der Waals surface area contributed by atoms with E-state index in [4.69, 9.17) is 0 Å². The minimum absolute atomic E-state index is 0.0738. The molecule has 150 valence electrons. The zero-order valence-corrected chi connectivity index (χ0v) is 16.6. The van der Waals surface area contributed by atoms with Gasteiger partial charge >= 0.3 is 0 Å². The minimum atomic E-state index is -0.158. The Kier molecular flexibility index (Phi) is 11.8. The molecule has 6 heteroatoms.